The number of carbonyl (C=O) groups excluding carboxylic acids is 1. The molecular weight excluding hydrogens is 350 g/mol. The van der Waals surface area contributed by atoms with Crippen LogP contribution < -0.4 is 5.32 Å². The summed E-state index contributed by atoms with van der Waals surface area (Å²) in [5.74, 6) is 5.85. The number of nitrogens with one attached hydrogen (secondary N) is 1. The molecule has 28 heavy (non-hydrogen) atoms. The first-order valence-corrected chi connectivity index (χ1v) is 11.8. The van der Waals surface area contributed by atoms with Gasteiger partial charge in [-0.05, 0) is 86.9 Å². The van der Waals surface area contributed by atoms with Gasteiger partial charge in [0.1, 0.15) is 0 Å². The van der Waals surface area contributed by atoms with Gasteiger partial charge in [-0.25, -0.2) is 0 Å². The molecule has 1 amide bonds. The average molecular weight is 384 g/mol. The van der Waals surface area contributed by atoms with E-state index in [0.717, 1.165) is 54.6 Å². The van der Waals surface area contributed by atoms with Gasteiger partial charge in [0.2, 0.25) is 11.8 Å². The lowest BCUT2D eigenvalue weighted by atomic mass is 9.54. The molecule has 6 aliphatic rings. The predicted molar refractivity (Wildman–Crippen MR) is 104 cm³/mol. The Balaban J connectivity index is 1.12. The number of nitrogens with zero attached hydrogens (tertiary/aromatic N) is 2. The maximum Gasteiger partial charge on any atom is 0.227 e. The van der Waals surface area contributed by atoms with E-state index in [1.165, 1.54) is 57.8 Å². The van der Waals surface area contributed by atoms with Crippen molar-refractivity contribution in [1.82, 2.24) is 15.5 Å². The summed E-state index contributed by atoms with van der Waals surface area (Å²) >= 11 is 0. The zero-order valence-corrected chi connectivity index (χ0v) is 16.9. The molecule has 0 spiro atoms. The van der Waals surface area contributed by atoms with E-state index >= 15 is 0 Å². The van der Waals surface area contributed by atoms with Gasteiger partial charge >= 0.3 is 0 Å². The zero-order valence-electron chi connectivity index (χ0n) is 16.9. The summed E-state index contributed by atoms with van der Waals surface area (Å²) in [7, 11) is 0. The van der Waals surface area contributed by atoms with Crippen molar-refractivity contribution < 1.29 is 9.32 Å². The van der Waals surface area contributed by atoms with Gasteiger partial charge in [0.15, 0.2) is 5.82 Å². The molecule has 152 valence electrons. The molecule has 0 atom stereocenters. The topological polar surface area (TPSA) is 68.0 Å². The summed E-state index contributed by atoms with van der Waals surface area (Å²) in [4.78, 5) is 17.8. The minimum absolute atomic E-state index is 0.0311. The van der Waals surface area contributed by atoms with Crippen molar-refractivity contribution in [2.45, 2.75) is 95.4 Å². The molecule has 0 saturated heterocycles. The highest BCUT2D eigenvalue weighted by molar-refractivity contribution is 5.77. The van der Waals surface area contributed by atoms with Gasteiger partial charge in [0, 0.05) is 24.8 Å². The number of rotatable bonds is 6. The fourth-order valence-electron chi connectivity index (χ4n) is 7.45. The van der Waals surface area contributed by atoms with E-state index in [0.29, 0.717) is 18.4 Å². The van der Waals surface area contributed by atoms with E-state index in [-0.39, 0.29) is 11.3 Å². The van der Waals surface area contributed by atoms with Crippen molar-refractivity contribution >= 4 is 5.91 Å². The third-order valence-corrected chi connectivity index (χ3v) is 8.71. The fourth-order valence-corrected chi connectivity index (χ4v) is 7.45. The van der Waals surface area contributed by atoms with Crippen LogP contribution in [0.1, 0.15) is 94.7 Å². The van der Waals surface area contributed by atoms with Gasteiger partial charge in [-0.15, -0.1) is 0 Å². The maximum atomic E-state index is 13.1. The average Bonchev–Trinajstić information content (AvgIpc) is 3.25. The normalized spacial score (nSPS) is 38.1. The molecule has 1 aromatic heterocycles. The van der Waals surface area contributed by atoms with Crippen LogP contribution in [-0.4, -0.2) is 22.1 Å². The van der Waals surface area contributed by atoms with Crippen molar-refractivity contribution in [3.05, 3.63) is 11.7 Å². The van der Waals surface area contributed by atoms with E-state index in [4.69, 9.17) is 4.52 Å². The van der Waals surface area contributed by atoms with Crippen LogP contribution in [0.25, 0.3) is 0 Å². The van der Waals surface area contributed by atoms with Gasteiger partial charge in [-0.3, -0.25) is 4.79 Å². The molecule has 1 N–H and O–H groups in total. The smallest absolute Gasteiger partial charge is 0.227 e. The highest BCUT2D eigenvalue weighted by Crippen LogP contribution is 2.54. The molecular formula is C23H33N3O2. The minimum Gasteiger partial charge on any atom is -0.353 e. The standard InChI is InChI=1S/C23H33N3O2/c27-19(24-21-17-8-14-7-15(10-17)11-18(21)9-14)12-23(5-1-2-6-23)13-20-25-22(26-28-20)16-3-4-16/h14-18,21H,1-13H2,(H,24,27). The Hall–Kier alpha value is -1.39. The van der Waals surface area contributed by atoms with E-state index in [1.807, 2.05) is 0 Å². The molecule has 5 heteroatoms. The van der Waals surface area contributed by atoms with Gasteiger partial charge in [-0.2, -0.15) is 4.98 Å². The Morgan fingerprint density at radius 2 is 1.71 bits per heavy atom. The van der Waals surface area contributed by atoms with Crippen LogP contribution in [0.4, 0.5) is 0 Å². The van der Waals surface area contributed by atoms with Crippen LogP contribution in [0.3, 0.4) is 0 Å². The molecule has 0 aliphatic heterocycles. The molecule has 1 aromatic rings. The second-order valence-corrected chi connectivity index (χ2v) is 10.9. The quantitative estimate of drug-likeness (QED) is 0.791. The summed E-state index contributed by atoms with van der Waals surface area (Å²) < 4.78 is 5.57. The molecule has 6 fully saturated rings. The van der Waals surface area contributed by atoms with Crippen LogP contribution in [-0.2, 0) is 11.2 Å². The van der Waals surface area contributed by atoms with E-state index in [1.54, 1.807) is 0 Å². The monoisotopic (exact) mass is 383 g/mol. The number of amides is 1. The molecule has 6 saturated carbocycles. The molecule has 1 heterocycles. The SMILES string of the molecule is O=C(CC1(Cc2nc(C3CC3)no2)CCCC1)NC1C2CC3CC(C2)CC1C3. The third-order valence-electron chi connectivity index (χ3n) is 8.71. The van der Waals surface area contributed by atoms with Crippen molar-refractivity contribution in [2.24, 2.45) is 29.1 Å². The lowest BCUT2D eigenvalue weighted by molar-refractivity contribution is -0.127. The Morgan fingerprint density at radius 1 is 1.04 bits per heavy atom. The van der Waals surface area contributed by atoms with Crippen molar-refractivity contribution in [3.63, 3.8) is 0 Å². The molecule has 0 radical (unpaired) electrons. The summed E-state index contributed by atoms with van der Waals surface area (Å²) in [6.45, 7) is 0. The van der Waals surface area contributed by atoms with Crippen LogP contribution in [0.15, 0.2) is 4.52 Å². The lowest BCUT2D eigenvalue weighted by Crippen LogP contribution is -2.56. The molecule has 6 aliphatic carbocycles. The zero-order chi connectivity index (χ0) is 18.7. The van der Waals surface area contributed by atoms with E-state index < -0.39 is 0 Å². The molecule has 0 unspecified atom stereocenters. The number of aromatic nitrogens is 2. The second-order valence-electron chi connectivity index (χ2n) is 10.9. The Bertz CT molecular complexity index is 719. The lowest BCUT2D eigenvalue weighted by Gasteiger charge is -2.54. The van der Waals surface area contributed by atoms with Crippen molar-refractivity contribution in [2.75, 3.05) is 0 Å². The largest absolute Gasteiger partial charge is 0.353 e. The summed E-state index contributed by atoms with van der Waals surface area (Å²) in [5, 5.41) is 7.71. The van der Waals surface area contributed by atoms with Gasteiger partial charge in [-0.1, -0.05) is 18.0 Å². The fraction of sp³-hybridized carbons (Fsp3) is 0.870. The van der Waals surface area contributed by atoms with Crippen LogP contribution in [0.2, 0.25) is 0 Å². The second kappa shape index (κ2) is 6.56. The molecule has 0 aromatic carbocycles. The Labute approximate surface area is 167 Å². The predicted octanol–water partition coefficient (Wildman–Crippen LogP) is 4.38. The molecule has 4 bridgehead atoms. The van der Waals surface area contributed by atoms with Gasteiger partial charge in [0.05, 0.1) is 0 Å². The van der Waals surface area contributed by atoms with Crippen LogP contribution in [0.5, 0.6) is 0 Å². The van der Waals surface area contributed by atoms with Crippen molar-refractivity contribution in [1.29, 1.82) is 0 Å². The molecule has 7 rings (SSSR count). The molecule has 5 nitrogen and oxygen atoms in total. The minimum atomic E-state index is 0.0311. The first kappa shape index (κ1) is 17.5. The third kappa shape index (κ3) is 3.19. The summed E-state index contributed by atoms with van der Waals surface area (Å²) in [6.07, 6.45) is 15.4. The van der Waals surface area contributed by atoms with Crippen LogP contribution in [0, 0.1) is 29.1 Å². The Morgan fingerprint density at radius 3 is 2.36 bits per heavy atom. The first-order chi connectivity index (χ1) is 13.7. The Kier molecular flexibility index (Phi) is 4.09. The number of hydrogen-bond donors (Lipinski definition) is 1. The van der Waals surface area contributed by atoms with Crippen LogP contribution >= 0.6 is 0 Å². The van der Waals surface area contributed by atoms with Gasteiger partial charge < -0.3 is 9.84 Å². The first-order valence-electron chi connectivity index (χ1n) is 11.8. The number of carbonyl (C=O) groups is 1. The summed E-state index contributed by atoms with van der Waals surface area (Å²) in [6, 6.07) is 0.448. The highest BCUT2D eigenvalue weighted by Gasteiger charge is 2.49. The highest BCUT2D eigenvalue weighted by atomic mass is 16.5. The van der Waals surface area contributed by atoms with E-state index in [9.17, 15) is 4.79 Å². The summed E-state index contributed by atoms with van der Waals surface area (Å²) in [5.41, 5.74) is 0.0311. The van der Waals surface area contributed by atoms with E-state index in [2.05, 4.69) is 15.5 Å². The van der Waals surface area contributed by atoms with Gasteiger partial charge in [0.25, 0.3) is 0 Å². The number of hydrogen-bond acceptors (Lipinski definition) is 4. The maximum absolute atomic E-state index is 13.1. The van der Waals surface area contributed by atoms with Crippen molar-refractivity contribution in [3.8, 4) is 0 Å².